The number of benzene rings is 4. The van der Waals surface area contributed by atoms with E-state index in [1.54, 1.807) is 12.1 Å². The molecule has 0 radical (unpaired) electrons. The number of rotatable bonds is 15. The Balaban J connectivity index is 1.58. The molecule has 9 heteroatoms. The van der Waals surface area contributed by atoms with E-state index >= 15 is 0 Å². The molecule has 0 saturated carbocycles. The molecule has 0 fully saturated rings. The molecular formula is C34H35NO7S. The van der Waals surface area contributed by atoms with Gasteiger partial charge in [-0.1, -0.05) is 109 Å². The molecule has 0 aliphatic rings. The topological polar surface area (TPSA) is 130 Å². The Morgan fingerprint density at radius 3 is 1.63 bits per heavy atom. The van der Waals surface area contributed by atoms with Crippen LogP contribution in [0.1, 0.15) is 41.5 Å². The molecular weight excluding hydrogens is 566 g/mol. The van der Waals surface area contributed by atoms with Crippen LogP contribution in [0.3, 0.4) is 0 Å². The van der Waals surface area contributed by atoms with Crippen LogP contribution in [0.15, 0.2) is 120 Å². The first kappa shape index (κ1) is 31.6. The summed E-state index contributed by atoms with van der Waals surface area (Å²) in [5.74, 6) is -3.44. The summed E-state index contributed by atoms with van der Waals surface area (Å²) < 4.78 is 30.2. The lowest BCUT2D eigenvalue weighted by atomic mass is 9.76. The van der Waals surface area contributed by atoms with Crippen LogP contribution in [-0.4, -0.2) is 43.2 Å². The smallest absolute Gasteiger partial charge is 0.320 e. The fourth-order valence-electron chi connectivity index (χ4n) is 5.20. The lowest BCUT2D eigenvalue weighted by Crippen LogP contribution is -2.53. The first-order valence-corrected chi connectivity index (χ1v) is 15.4. The molecule has 0 aliphatic heterocycles. The molecule has 43 heavy (non-hydrogen) atoms. The Bertz CT molecular complexity index is 1500. The molecule has 0 amide bonds. The van der Waals surface area contributed by atoms with E-state index in [-0.39, 0.29) is 30.8 Å². The van der Waals surface area contributed by atoms with Gasteiger partial charge in [0.15, 0.2) is 0 Å². The summed E-state index contributed by atoms with van der Waals surface area (Å²) in [4.78, 5) is 25.0. The Hall–Kier alpha value is -4.31. The highest BCUT2D eigenvalue weighted by Gasteiger charge is 2.41. The maximum atomic E-state index is 12.7. The van der Waals surface area contributed by atoms with Gasteiger partial charge in [-0.2, -0.15) is 8.42 Å². The lowest BCUT2D eigenvalue weighted by Gasteiger charge is -2.39. The number of carboxylic acids is 2. The quantitative estimate of drug-likeness (QED) is 0.0911. The highest BCUT2D eigenvalue weighted by Crippen LogP contribution is 2.38. The minimum Gasteiger partial charge on any atom is -0.481 e. The second kappa shape index (κ2) is 14.2. The molecule has 2 atom stereocenters. The van der Waals surface area contributed by atoms with Crippen molar-refractivity contribution in [2.45, 2.75) is 42.7 Å². The van der Waals surface area contributed by atoms with Gasteiger partial charge in [-0.25, -0.2) is 0 Å². The van der Waals surface area contributed by atoms with E-state index in [0.717, 1.165) is 22.3 Å². The van der Waals surface area contributed by atoms with Crippen LogP contribution in [0.2, 0.25) is 0 Å². The molecule has 4 aromatic rings. The van der Waals surface area contributed by atoms with Gasteiger partial charge < -0.3 is 10.2 Å². The van der Waals surface area contributed by atoms with E-state index < -0.39 is 39.6 Å². The van der Waals surface area contributed by atoms with Crippen LogP contribution >= 0.6 is 0 Å². The van der Waals surface area contributed by atoms with Crippen molar-refractivity contribution >= 4 is 22.1 Å². The van der Waals surface area contributed by atoms with Crippen LogP contribution in [-0.2, 0) is 29.4 Å². The van der Waals surface area contributed by atoms with E-state index in [0.29, 0.717) is 0 Å². The molecule has 4 aromatic carbocycles. The molecule has 224 valence electrons. The minimum atomic E-state index is -4.00. The summed E-state index contributed by atoms with van der Waals surface area (Å²) >= 11 is 0. The lowest BCUT2D eigenvalue weighted by molar-refractivity contribution is -0.144. The second-order valence-electron chi connectivity index (χ2n) is 10.4. The molecule has 8 nitrogen and oxygen atoms in total. The fourth-order valence-corrected chi connectivity index (χ4v) is 6.14. The summed E-state index contributed by atoms with van der Waals surface area (Å²) in [7, 11) is -4.00. The van der Waals surface area contributed by atoms with Gasteiger partial charge in [0, 0.05) is 0 Å². The van der Waals surface area contributed by atoms with Gasteiger partial charge in [-0.05, 0) is 55.0 Å². The standard InChI is InChI=1S/C34H35NO7S/c1-25-19-21-30(22-20-25)43(40,41)42-23-11-12-26(32(36)37)24-31(33(38)39)35-34(27-13-5-2-6-14-27,28-15-7-3-8-16-28)29-17-9-4-10-18-29/h2-10,13-22,26,31,35H,11-12,23-24H2,1H3,(H,36,37)(H,38,39)/t26-,31+/m0/s1. The number of aryl methyl sites for hydroxylation is 1. The number of aliphatic carboxylic acids is 2. The van der Waals surface area contributed by atoms with Crippen LogP contribution in [0, 0.1) is 12.8 Å². The first-order valence-electron chi connectivity index (χ1n) is 14.0. The van der Waals surface area contributed by atoms with Gasteiger partial charge in [0.05, 0.1) is 23.0 Å². The molecule has 0 aromatic heterocycles. The van der Waals surface area contributed by atoms with E-state index in [4.69, 9.17) is 4.18 Å². The van der Waals surface area contributed by atoms with Gasteiger partial charge in [0.25, 0.3) is 10.1 Å². The third-order valence-corrected chi connectivity index (χ3v) is 8.75. The van der Waals surface area contributed by atoms with Gasteiger partial charge in [-0.3, -0.25) is 19.1 Å². The summed E-state index contributed by atoms with van der Waals surface area (Å²) in [5, 5.41) is 23.8. The SMILES string of the molecule is Cc1ccc(S(=O)(=O)OCCC[C@@H](C[C@@H](NC(c2ccccc2)(c2ccccc2)c2ccccc2)C(=O)O)C(=O)O)cc1. The van der Waals surface area contributed by atoms with Crippen molar-refractivity contribution in [1.82, 2.24) is 5.32 Å². The van der Waals surface area contributed by atoms with Gasteiger partial charge in [-0.15, -0.1) is 0 Å². The van der Waals surface area contributed by atoms with Crippen molar-refractivity contribution in [3.63, 3.8) is 0 Å². The molecule has 0 unspecified atom stereocenters. The van der Waals surface area contributed by atoms with Gasteiger partial charge in [0.2, 0.25) is 0 Å². The van der Waals surface area contributed by atoms with Crippen LogP contribution in [0.4, 0.5) is 0 Å². The number of carboxylic acid groups (broad SMARTS) is 2. The summed E-state index contributed by atoms with van der Waals surface area (Å²) in [6, 6.07) is 33.3. The Morgan fingerprint density at radius 1 is 0.744 bits per heavy atom. The van der Waals surface area contributed by atoms with Gasteiger partial charge >= 0.3 is 11.9 Å². The molecule has 3 N–H and O–H groups in total. The molecule has 0 bridgehead atoms. The van der Waals surface area contributed by atoms with Crippen molar-refractivity contribution in [3.8, 4) is 0 Å². The molecule has 0 aliphatic carbocycles. The highest BCUT2D eigenvalue weighted by molar-refractivity contribution is 7.86. The third kappa shape index (κ3) is 7.75. The zero-order valence-corrected chi connectivity index (χ0v) is 24.6. The largest absolute Gasteiger partial charge is 0.481 e. The predicted molar refractivity (Wildman–Crippen MR) is 163 cm³/mol. The first-order chi connectivity index (χ1) is 20.6. The fraction of sp³-hybridized carbons (Fsp3) is 0.235. The Morgan fingerprint density at radius 2 is 1.21 bits per heavy atom. The molecule has 0 saturated heterocycles. The van der Waals surface area contributed by atoms with E-state index in [9.17, 15) is 28.2 Å². The minimum absolute atomic E-state index is 0.0158. The zero-order valence-electron chi connectivity index (χ0n) is 23.8. The molecule has 0 spiro atoms. The summed E-state index contributed by atoms with van der Waals surface area (Å²) in [5.41, 5.74) is 2.17. The summed E-state index contributed by atoms with van der Waals surface area (Å²) in [6.45, 7) is 1.61. The third-order valence-electron chi connectivity index (χ3n) is 7.42. The maximum absolute atomic E-state index is 12.7. The van der Waals surface area contributed by atoms with Crippen LogP contribution in [0.25, 0.3) is 0 Å². The van der Waals surface area contributed by atoms with E-state index in [2.05, 4.69) is 5.32 Å². The average molecular weight is 602 g/mol. The van der Waals surface area contributed by atoms with E-state index in [1.165, 1.54) is 12.1 Å². The van der Waals surface area contributed by atoms with Crippen molar-refractivity contribution < 1.29 is 32.4 Å². The monoisotopic (exact) mass is 601 g/mol. The molecule has 4 rings (SSSR count). The Labute approximate surface area is 252 Å². The Kier molecular flexibility index (Phi) is 10.5. The van der Waals surface area contributed by atoms with Crippen LogP contribution in [0.5, 0.6) is 0 Å². The van der Waals surface area contributed by atoms with Crippen LogP contribution < -0.4 is 5.32 Å². The summed E-state index contributed by atoms with van der Waals surface area (Å²) in [6.07, 6.45) is -0.0988. The van der Waals surface area contributed by atoms with E-state index in [1.807, 2.05) is 97.9 Å². The number of hydrogen-bond donors (Lipinski definition) is 3. The average Bonchev–Trinajstić information content (AvgIpc) is 3.01. The molecule has 0 heterocycles. The maximum Gasteiger partial charge on any atom is 0.320 e. The number of nitrogens with one attached hydrogen (secondary N) is 1. The number of hydrogen-bond acceptors (Lipinski definition) is 6. The normalized spacial score (nSPS) is 13.2. The predicted octanol–water partition coefficient (Wildman–Crippen LogP) is 5.61. The van der Waals surface area contributed by atoms with Crippen molar-refractivity contribution in [2.75, 3.05) is 6.61 Å². The van der Waals surface area contributed by atoms with Crippen molar-refractivity contribution in [1.29, 1.82) is 0 Å². The highest BCUT2D eigenvalue weighted by atomic mass is 32.2. The number of carbonyl (C=O) groups is 2. The van der Waals surface area contributed by atoms with Crippen molar-refractivity contribution in [2.24, 2.45) is 5.92 Å². The zero-order chi connectivity index (χ0) is 30.9. The van der Waals surface area contributed by atoms with Gasteiger partial charge in [0.1, 0.15) is 6.04 Å². The second-order valence-corrected chi connectivity index (χ2v) is 12.0. The van der Waals surface area contributed by atoms with Crippen molar-refractivity contribution in [3.05, 3.63) is 138 Å².